The van der Waals surface area contributed by atoms with Crippen molar-refractivity contribution in [2.45, 2.75) is 26.2 Å². The summed E-state index contributed by atoms with van der Waals surface area (Å²) >= 11 is 0. The van der Waals surface area contributed by atoms with E-state index in [-0.39, 0.29) is 11.8 Å². The van der Waals surface area contributed by atoms with Crippen LogP contribution in [0.1, 0.15) is 25.3 Å². The van der Waals surface area contributed by atoms with Gasteiger partial charge in [-0.05, 0) is 37.5 Å². The van der Waals surface area contributed by atoms with E-state index in [2.05, 4.69) is 0 Å². The molecule has 0 aromatic heterocycles. The molecule has 0 aliphatic carbocycles. The van der Waals surface area contributed by atoms with Crippen molar-refractivity contribution in [3.05, 3.63) is 29.8 Å². The molecular formula is C15H18O4. The standard InChI is InChI=1S/C15H18O4/c1-11(16)15(9-10-19-14(15)17)8-7-12-3-5-13(18-2)6-4-12/h3-6H,7-10H2,1-2H3. The maximum atomic E-state index is 11.8. The van der Waals surface area contributed by atoms with Gasteiger partial charge in [-0.2, -0.15) is 0 Å². The first-order valence-corrected chi connectivity index (χ1v) is 6.40. The largest absolute Gasteiger partial charge is 0.497 e. The molecule has 0 radical (unpaired) electrons. The molecule has 1 atom stereocenters. The number of Topliss-reactive ketones (excluding diaryl/α,β-unsaturated/α-hetero) is 1. The minimum Gasteiger partial charge on any atom is -0.497 e. The van der Waals surface area contributed by atoms with Crippen molar-refractivity contribution < 1.29 is 19.1 Å². The number of hydrogen-bond acceptors (Lipinski definition) is 4. The fourth-order valence-electron chi connectivity index (χ4n) is 2.43. The zero-order chi connectivity index (χ0) is 13.9. The summed E-state index contributed by atoms with van der Waals surface area (Å²) < 4.78 is 10.1. The fourth-order valence-corrected chi connectivity index (χ4v) is 2.43. The molecule has 4 nitrogen and oxygen atoms in total. The average molecular weight is 262 g/mol. The first-order valence-electron chi connectivity index (χ1n) is 6.40. The molecule has 1 heterocycles. The second kappa shape index (κ2) is 5.43. The Balaban J connectivity index is 2.07. The first kappa shape index (κ1) is 13.6. The second-order valence-corrected chi connectivity index (χ2v) is 4.87. The lowest BCUT2D eigenvalue weighted by molar-refractivity contribution is -0.151. The number of methoxy groups -OCH3 is 1. The molecule has 1 aliphatic heterocycles. The Morgan fingerprint density at radius 2 is 2.05 bits per heavy atom. The van der Waals surface area contributed by atoms with Crippen LogP contribution in [0.25, 0.3) is 0 Å². The van der Waals surface area contributed by atoms with Gasteiger partial charge in [-0.15, -0.1) is 0 Å². The van der Waals surface area contributed by atoms with Crippen LogP contribution < -0.4 is 4.74 Å². The Labute approximate surface area is 112 Å². The van der Waals surface area contributed by atoms with Crippen LogP contribution in [0.3, 0.4) is 0 Å². The molecule has 0 amide bonds. The van der Waals surface area contributed by atoms with Crippen LogP contribution in [0.4, 0.5) is 0 Å². The van der Waals surface area contributed by atoms with E-state index >= 15 is 0 Å². The summed E-state index contributed by atoms with van der Waals surface area (Å²) in [6, 6.07) is 7.66. The Morgan fingerprint density at radius 3 is 2.53 bits per heavy atom. The van der Waals surface area contributed by atoms with E-state index in [1.807, 2.05) is 24.3 Å². The molecule has 19 heavy (non-hydrogen) atoms. The summed E-state index contributed by atoms with van der Waals surface area (Å²) in [5.74, 6) is 0.335. The Hall–Kier alpha value is -1.84. The van der Waals surface area contributed by atoms with Crippen molar-refractivity contribution in [2.24, 2.45) is 5.41 Å². The third-order valence-corrected chi connectivity index (χ3v) is 3.83. The summed E-state index contributed by atoms with van der Waals surface area (Å²) in [5, 5.41) is 0. The number of carbonyl (C=O) groups excluding carboxylic acids is 2. The third-order valence-electron chi connectivity index (χ3n) is 3.83. The van der Waals surface area contributed by atoms with Gasteiger partial charge in [-0.3, -0.25) is 9.59 Å². The predicted molar refractivity (Wildman–Crippen MR) is 70.0 cm³/mol. The summed E-state index contributed by atoms with van der Waals surface area (Å²) in [5.41, 5.74) is 0.154. The van der Waals surface area contributed by atoms with Crippen LogP contribution >= 0.6 is 0 Å². The fraction of sp³-hybridized carbons (Fsp3) is 0.467. The summed E-state index contributed by atoms with van der Waals surface area (Å²) in [4.78, 5) is 23.6. The lowest BCUT2D eigenvalue weighted by atomic mass is 9.77. The Bertz CT molecular complexity index is 477. The minimum absolute atomic E-state index is 0.0940. The molecule has 0 N–H and O–H groups in total. The molecule has 1 aliphatic rings. The topological polar surface area (TPSA) is 52.6 Å². The van der Waals surface area contributed by atoms with E-state index in [1.54, 1.807) is 7.11 Å². The van der Waals surface area contributed by atoms with Crippen molar-refractivity contribution >= 4 is 11.8 Å². The number of ether oxygens (including phenoxy) is 2. The maximum Gasteiger partial charge on any atom is 0.319 e. The van der Waals surface area contributed by atoms with E-state index in [1.165, 1.54) is 6.92 Å². The third kappa shape index (κ3) is 2.62. The van der Waals surface area contributed by atoms with Crippen LogP contribution in [-0.4, -0.2) is 25.5 Å². The van der Waals surface area contributed by atoms with Gasteiger partial charge in [0.15, 0.2) is 0 Å². The highest BCUT2D eigenvalue weighted by Gasteiger charge is 2.48. The molecule has 0 saturated carbocycles. The lowest BCUT2D eigenvalue weighted by Gasteiger charge is -2.21. The quantitative estimate of drug-likeness (QED) is 0.602. The van der Waals surface area contributed by atoms with E-state index in [0.717, 1.165) is 11.3 Å². The van der Waals surface area contributed by atoms with E-state index < -0.39 is 5.41 Å². The van der Waals surface area contributed by atoms with Crippen LogP contribution in [-0.2, 0) is 20.7 Å². The zero-order valence-corrected chi connectivity index (χ0v) is 11.3. The molecule has 102 valence electrons. The van der Waals surface area contributed by atoms with E-state index in [0.29, 0.717) is 25.9 Å². The van der Waals surface area contributed by atoms with Gasteiger partial charge in [0.1, 0.15) is 16.9 Å². The number of benzene rings is 1. The van der Waals surface area contributed by atoms with Gasteiger partial charge in [-0.1, -0.05) is 12.1 Å². The molecule has 1 fully saturated rings. The van der Waals surface area contributed by atoms with Gasteiger partial charge in [0.25, 0.3) is 0 Å². The molecule has 1 aromatic carbocycles. The molecule has 0 bridgehead atoms. The van der Waals surface area contributed by atoms with Gasteiger partial charge >= 0.3 is 5.97 Å². The maximum absolute atomic E-state index is 11.8. The molecular weight excluding hydrogens is 244 g/mol. The Kier molecular flexibility index (Phi) is 3.88. The lowest BCUT2D eigenvalue weighted by Crippen LogP contribution is -2.34. The van der Waals surface area contributed by atoms with E-state index in [9.17, 15) is 9.59 Å². The van der Waals surface area contributed by atoms with Crippen molar-refractivity contribution in [3.8, 4) is 5.75 Å². The highest BCUT2D eigenvalue weighted by molar-refractivity contribution is 6.03. The van der Waals surface area contributed by atoms with Gasteiger partial charge in [-0.25, -0.2) is 0 Å². The van der Waals surface area contributed by atoms with Gasteiger partial charge in [0.05, 0.1) is 13.7 Å². The number of esters is 1. The highest BCUT2D eigenvalue weighted by atomic mass is 16.5. The number of aryl methyl sites for hydroxylation is 1. The molecule has 4 heteroatoms. The minimum atomic E-state index is -0.931. The molecule has 2 rings (SSSR count). The van der Waals surface area contributed by atoms with Crippen LogP contribution in [0.2, 0.25) is 0 Å². The SMILES string of the molecule is COc1ccc(CCC2(C(C)=O)CCOC2=O)cc1. The predicted octanol–water partition coefficient (Wildman–Crippen LogP) is 2.15. The smallest absolute Gasteiger partial charge is 0.319 e. The van der Waals surface area contributed by atoms with E-state index in [4.69, 9.17) is 9.47 Å². The molecule has 1 unspecified atom stereocenters. The summed E-state index contributed by atoms with van der Waals surface area (Å²) in [7, 11) is 1.62. The van der Waals surface area contributed by atoms with Gasteiger partial charge in [0, 0.05) is 6.42 Å². The Morgan fingerprint density at radius 1 is 1.37 bits per heavy atom. The average Bonchev–Trinajstić information content (AvgIpc) is 2.79. The number of cyclic esters (lactones) is 1. The molecule has 1 saturated heterocycles. The summed E-state index contributed by atoms with van der Waals surface area (Å²) in [6.07, 6.45) is 1.68. The monoisotopic (exact) mass is 262 g/mol. The molecule has 0 spiro atoms. The highest BCUT2D eigenvalue weighted by Crippen LogP contribution is 2.36. The van der Waals surface area contributed by atoms with Gasteiger partial charge < -0.3 is 9.47 Å². The van der Waals surface area contributed by atoms with Crippen molar-refractivity contribution in [2.75, 3.05) is 13.7 Å². The van der Waals surface area contributed by atoms with Crippen LogP contribution in [0, 0.1) is 5.41 Å². The first-order chi connectivity index (χ1) is 9.08. The number of rotatable bonds is 5. The molecule has 1 aromatic rings. The second-order valence-electron chi connectivity index (χ2n) is 4.87. The number of hydrogen-bond donors (Lipinski definition) is 0. The number of carbonyl (C=O) groups is 2. The normalized spacial score (nSPS) is 22.1. The van der Waals surface area contributed by atoms with Crippen LogP contribution in [0.5, 0.6) is 5.75 Å². The van der Waals surface area contributed by atoms with Gasteiger partial charge in [0.2, 0.25) is 0 Å². The van der Waals surface area contributed by atoms with Crippen molar-refractivity contribution in [1.82, 2.24) is 0 Å². The van der Waals surface area contributed by atoms with Crippen LogP contribution in [0.15, 0.2) is 24.3 Å². The summed E-state index contributed by atoms with van der Waals surface area (Å²) in [6.45, 7) is 1.82. The van der Waals surface area contributed by atoms with Crippen molar-refractivity contribution in [1.29, 1.82) is 0 Å². The van der Waals surface area contributed by atoms with Crippen molar-refractivity contribution in [3.63, 3.8) is 0 Å². The zero-order valence-electron chi connectivity index (χ0n) is 11.3. The number of ketones is 1.